The van der Waals surface area contributed by atoms with Gasteiger partial charge >= 0.3 is 0 Å². The summed E-state index contributed by atoms with van der Waals surface area (Å²) in [4.78, 5) is 0. The van der Waals surface area contributed by atoms with E-state index in [2.05, 4.69) is 19.2 Å². The third-order valence-electron chi connectivity index (χ3n) is 3.26. The highest BCUT2D eigenvalue weighted by molar-refractivity contribution is 5.50. The maximum Gasteiger partial charge on any atom is 0.123 e. The first-order valence-corrected chi connectivity index (χ1v) is 6.14. The summed E-state index contributed by atoms with van der Waals surface area (Å²) >= 11 is 0. The highest BCUT2D eigenvalue weighted by Crippen LogP contribution is 2.29. The summed E-state index contributed by atoms with van der Waals surface area (Å²) in [5.41, 5.74) is 1.92. The van der Waals surface area contributed by atoms with Crippen LogP contribution in [0.15, 0.2) is 18.2 Å². The Labute approximate surface area is 102 Å². The van der Waals surface area contributed by atoms with Gasteiger partial charge < -0.3 is 10.1 Å². The van der Waals surface area contributed by atoms with Crippen LogP contribution < -0.4 is 5.32 Å². The number of halogens is 1. The fraction of sp³-hybridized carbons (Fsp3) is 0.571. The van der Waals surface area contributed by atoms with Crippen molar-refractivity contribution < 1.29 is 9.13 Å². The van der Waals surface area contributed by atoms with Crippen LogP contribution in [-0.2, 0) is 4.74 Å². The molecule has 0 saturated carbocycles. The smallest absolute Gasteiger partial charge is 0.123 e. The van der Waals surface area contributed by atoms with Crippen molar-refractivity contribution in [2.24, 2.45) is 0 Å². The summed E-state index contributed by atoms with van der Waals surface area (Å²) in [5.74, 6) is -0.189. The van der Waals surface area contributed by atoms with Crippen LogP contribution in [0.4, 0.5) is 10.1 Å². The van der Waals surface area contributed by atoms with Crippen LogP contribution in [0.25, 0.3) is 0 Å². The van der Waals surface area contributed by atoms with Crippen molar-refractivity contribution in [3.8, 4) is 0 Å². The van der Waals surface area contributed by atoms with Crippen molar-refractivity contribution >= 4 is 5.69 Å². The summed E-state index contributed by atoms with van der Waals surface area (Å²) in [6.45, 7) is 6.94. The molecule has 1 fully saturated rings. The quantitative estimate of drug-likeness (QED) is 0.868. The van der Waals surface area contributed by atoms with E-state index in [1.807, 2.05) is 6.92 Å². The lowest BCUT2D eigenvalue weighted by molar-refractivity contribution is -0.00911. The van der Waals surface area contributed by atoms with Crippen LogP contribution in [0, 0.1) is 12.7 Å². The predicted octanol–water partition coefficient (Wildman–Crippen LogP) is 3.50. The molecule has 1 aromatic rings. The molecule has 1 N–H and O–H groups in total. The van der Waals surface area contributed by atoms with E-state index in [-0.39, 0.29) is 17.5 Å². The van der Waals surface area contributed by atoms with Gasteiger partial charge in [0.15, 0.2) is 0 Å². The van der Waals surface area contributed by atoms with E-state index >= 15 is 0 Å². The van der Waals surface area contributed by atoms with E-state index < -0.39 is 0 Å². The first-order valence-electron chi connectivity index (χ1n) is 6.14. The van der Waals surface area contributed by atoms with Gasteiger partial charge in [0.2, 0.25) is 0 Å². The SMILES string of the molecule is Cc1cc(F)ccc1NCC1CCC(C)(C)O1. The Balaban J connectivity index is 1.90. The molecule has 2 rings (SSSR count). The number of hydrogen-bond donors (Lipinski definition) is 1. The van der Waals surface area contributed by atoms with E-state index in [1.54, 1.807) is 12.1 Å². The largest absolute Gasteiger partial charge is 0.382 e. The van der Waals surface area contributed by atoms with Crippen LogP contribution in [0.1, 0.15) is 32.3 Å². The maximum absolute atomic E-state index is 12.9. The van der Waals surface area contributed by atoms with Gasteiger partial charge in [-0.2, -0.15) is 0 Å². The van der Waals surface area contributed by atoms with E-state index in [0.29, 0.717) is 0 Å². The van der Waals surface area contributed by atoms with Crippen molar-refractivity contribution in [2.75, 3.05) is 11.9 Å². The molecular weight excluding hydrogens is 217 g/mol. The molecule has 1 atom stereocenters. The number of nitrogens with one attached hydrogen (secondary N) is 1. The molecular formula is C14H20FNO. The third kappa shape index (κ3) is 3.19. The zero-order chi connectivity index (χ0) is 12.5. The van der Waals surface area contributed by atoms with Crippen LogP contribution in [0.2, 0.25) is 0 Å². The predicted molar refractivity (Wildman–Crippen MR) is 67.8 cm³/mol. The van der Waals surface area contributed by atoms with E-state index in [9.17, 15) is 4.39 Å². The number of benzene rings is 1. The average molecular weight is 237 g/mol. The first-order chi connectivity index (χ1) is 7.96. The molecule has 0 spiro atoms. The fourth-order valence-corrected chi connectivity index (χ4v) is 2.27. The van der Waals surface area contributed by atoms with Crippen molar-refractivity contribution in [2.45, 2.75) is 45.3 Å². The summed E-state index contributed by atoms with van der Waals surface area (Å²) in [6, 6.07) is 4.81. The van der Waals surface area contributed by atoms with Crippen molar-refractivity contribution in [3.63, 3.8) is 0 Å². The summed E-state index contributed by atoms with van der Waals surface area (Å²) in [7, 11) is 0. The first kappa shape index (κ1) is 12.4. The molecule has 0 aromatic heterocycles. The second-order valence-electron chi connectivity index (χ2n) is 5.38. The topological polar surface area (TPSA) is 21.3 Å². The Morgan fingerprint density at radius 3 is 2.82 bits per heavy atom. The van der Waals surface area contributed by atoms with E-state index in [0.717, 1.165) is 30.6 Å². The van der Waals surface area contributed by atoms with Crippen LogP contribution in [-0.4, -0.2) is 18.2 Å². The second kappa shape index (κ2) is 4.65. The van der Waals surface area contributed by atoms with Crippen molar-refractivity contribution in [1.29, 1.82) is 0 Å². The minimum absolute atomic E-state index is 0.00415. The molecule has 0 aliphatic carbocycles. The molecule has 0 amide bonds. The fourth-order valence-electron chi connectivity index (χ4n) is 2.27. The summed E-state index contributed by atoms with van der Waals surface area (Å²) in [5, 5.41) is 3.33. The molecule has 0 bridgehead atoms. The van der Waals surface area contributed by atoms with Gasteiger partial charge in [-0.15, -0.1) is 0 Å². The minimum Gasteiger partial charge on any atom is -0.382 e. The normalized spacial score (nSPS) is 22.7. The standard InChI is InChI=1S/C14H20FNO/c1-10-8-11(15)4-5-13(10)16-9-12-6-7-14(2,3)17-12/h4-5,8,12,16H,6-7,9H2,1-3H3. The van der Waals surface area contributed by atoms with Crippen LogP contribution in [0.3, 0.4) is 0 Å². The van der Waals surface area contributed by atoms with Gasteiger partial charge in [0.05, 0.1) is 11.7 Å². The molecule has 1 unspecified atom stereocenters. The van der Waals surface area contributed by atoms with E-state index in [4.69, 9.17) is 4.74 Å². The second-order valence-corrected chi connectivity index (χ2v) is 5.38. The lowest BCUT2D eigenvalue weighted by Gasteiger charge is -2.20. The monoisotopic (exact) mass is 237 g/mol. The molecule has 1 saturated heterocycles. The Kier molecular flexibility index (Phi) is 3.38. The molecule has 3 heteroatoms. The van der Waals surface area contributed by atoms with Gasteiger partial charge in [-0.1, -0.05) is 0 Å². The minimum atomic E-state index is -0.189. The van der Waals surface area contributed by atoms with Gasteiger partial charge in [0.1, 0.15) is 5.82 Å². The summed E-state index contributed by atoms with van der Waals surface area (Å²) < 4.78 is 18.8. The van der Waals surface area contributed by atoms with Gasteiger partial charge in [-0.3, -0.25) is 0 Å². The molecule has 1 aliphatic rings. The Morgan fingerprint density at radius 1 is 1.47 bits per heavy atom. The lowest BCUT2D eigenvalue weighted by Crippen LogP contribution is -2.25. The maximum atomic E-state index is 12.9. The number of anilines is 1. The highest BCUT2D eigenvalue weighted by atomic mass is 19.1. The van der Waals surface area contributed by atoms with Crippen molar-refractivity contribution in [1.82, 2.24) is 0 Å². The van der Waals surface area contributed by atoms with Gasteiger partial charge in [0.25, 0.3) is 0 Å². The van der Waals surface area contributed by atoms with E-state index in [1.165, 1.54) is 6.07 Å². The average Bonchev–Trinajstić information content (AvgIpc) is 2.57. The third-order valence-corrected chi connectivity index (χ3v) is 3.26. The Morgan fingerprint density at radius 2 is 2.24 bits per heavy atom. The molecule has 1 aromatic carbocycles. The van der Waals surface area contributed by atoms with Gasteiger partial charge in [0, 0.05) is 12.2 Å². The number of ether oxygens (including phenoxy) is 1. The highest BCUT2D eigenvalue weighted by Gasteiger charge is 2.31. The molecule has 0 radical (unpaired) electrons. The summed E-state index contributed by atoms with van der Waals surface area (Å²) in [6.07, 6.45) is 2.44. The Hall–Kier alpha value is -1.09. The number of aryl methyl sites for hydroxylation is 1. The molecule has 17 heavy (non-hydrogen) atoms. The number of hydrogen-bond acceptors (Lipinski definition) is 2. The molecule has 94 valence electrons. The molecule has 1 heterocycles. The van der Waals surface area contributed by atoms with Gasteiger partial charge in [-0.25, -0.2) is 4.39 Å². The lowest BCUT2D eigenvalue weighted by atomic mass is 10.1. The van der Waals surface area contributed by atoms with Crippen LogP contribution >= 0.6 is 0 Å². The zero-order valence-corrected chi connectivity index (χ0v) is 10.7. The molecule has 2 nitrogen and oxygen atoms in total. The number of rotatable bonds is 3. The Bertz CT molecular complexity index is 403. The zero-order valence-electron chi connectivity index (χ0n) is 10.7. The van der Waals surface area contributed by atoms with Crippen molar-refractivity contribution in [3.05, 3.63) is 29.6 Å². The van der Waals surface area contributed by atoms with Crippen LogP contribution in [0.5, 0.6) is 0 Å². The molecule has 1 aliphatic heterocycles. The van der Waals surface area contributed by atoms with Gasteiger partial charge in [-0.05, 0) is 57.4 Å².